The van der Waals surface area contributed by atoms with Gasteiger partial charge in [0.2, 0.25) is 0 Å². The molecular formula is C17H20FNO2. The maximum absolute atomic E-state index is 13.5. The smallest absolute Gasteiger partial charge is 0.128 e. The maximum Gasteiger partial charge on any atom is 0.128 e. The van der Waals surface area contributed by atoms with E-state index < -0.39 is 0 Å². The highest BCUT2D eigenvalue weighted by Gasteiger charge is 2.14. The van der Waals surface area contributed by atoms with Gasteiger partial charge >= 0.3 is 0 Å². The molecule has 0 aliphatic carbocycles. The molecular weight excluding hydrogens is 269 g/mol. The number of para-hydroxylation sites is 1. The fourth-order valence-electron chi connectivity index (χ4n) is 2.19. The third-order valence-corrected chi connectivity index (χ3v) is 3.36. The molecule has 1 unspecified atom stereocenters. The minimum absolute atomic E-state index is 0.00655. The number of likely N-dealkylation sites (N-methyl/N-ethyl adjacent to an activating group) is 1. The van der Waals surface area contributed by atoms with E-state index in [-0.39, 0.29) is 18.5 Å². The van der Waals surface area contributed by atoms with Crippen molar-refractivity contribution in [3.63, 3.8) is 0 Å². The number of ether oxygens (including phenoxy) is 2. The number of hydrogen-bond acceptors (Lipinski definition) is 3. The Labute approximate surface area is 124 Å². The van der Waals surface area contributed by atoms with Crippen molar-refractivity contribution in [1.82, 2.24) is 5.32 Å². The van der Waals surface area contributed by atoms with E-state index in [0.717, 1.165) is 11.3 Å². The van der Waals surface area contributed by atoms with Crippen LogP contribution in [0.5, 0.6) is 5.75 Å². The van der Waals surface area contributed by atoms with Gasteiger partial charge in [-0.05, 0) is 19.2 Å². The van der Waals surface area contributed by atoms with E-state index in [1.54, 1.807) is 25.3 Å². The molecule has 1 N–H and O–H groups in total. The SMILES string of the molecule is CNC(COCc1ccccc1F)c1ccccc1OC. The van der Waals surface area contributed by atoms with Crippen LogP contribution in [0, 0.1) is 5.82 Å². The first-order valence-corrected chi connectivity index (χ1v) is 6.87. The van der Waals surface area contributed by atoms with Crippen molar-refractivity contribution < 1.29 is 13.9 Å². The quantitative estimate of drug-likeness (QED) is 0.848. The average Bonchev–Trinajstić information content (AvgIpc) is 2.53. The van der Waals surface area contributed by atoms with Crippen molar-refractivity contribution in [1.29, 1.82) is 0 Å². The molecule has 4 heteroatoms. The summed E-state index contributed by atoms with van der Waals surface area (Å²) >= 11 is 0. The van der Waals surface area contributed by atoms with Gasteiger partial charge in [0.25, 0.3) is 0 Å². The predicted molar refractivity (Wildman–Crippen MR) is 80.9 cm³/mol. The molecule has 2 aromatic carbocycles. The molecule has 112 valence electrons. The summed E-state index contributed by atoms with van der Waals surface area (Å²) < 4.78 is 24.5. The molecule has 1 atom stereocenters. The molecule has 0 amide bonds. The summed E-state index contributed by atoms with van der Waals surface area (Å²) in [5, 5.41) is 3.20. The minimum Gasteiger partial charge on any atom is -0.496 e. The first-order chi connectivity index (χ1) is 10.3. The van der Waals surface area contributed by atoms with Crippen LogP contribution in [0.15, 0.2) is 48.5 Å². The van der Waals surface area contributed by atoms with Gasteiger partial charge < -0.3 is 14.8 Å². The molecule has 0 radical (unpaired) electrons. The van der Waals surface area contributed by atoms with Gasteiger partial charge in [0.1, 0.15) is 11.6 Å². The summed E-state index contributed by atoms with van der Waals surface area (Å²) in [6, 6.07) is 14.4. The van der Waals surface area contributed by atoms with E-state index in [4.69, 9.17) is 9.47 Å². The number of halogens is 1. The standard InChI is InChI=1S/C17H20FNO2/c1-19-16(14-8-4-6-10-17(14)20-2)12-21-11-13-7-3-5-9-15(13)18/h3-10,16,19H,11-12H2,1-2H3. The van der Waals surface area contributed by atoms with Crippen LogP contribution >= 0.6 is 0 Å². The number of benzene rings is 2. The second-order valence-electron chi connectivity index (χ2n) is 4.69. The van der Waals surface area contributed by atoms with Crippen LogP contribution in [0.25, 0.3) is 0 Å². The van der Waals surface area contributed by atoms with Gasteiger partial charge in [0, 0.05) is 11.1 Å². The van der Waals surface area contributed by atoms with Crippen molar-refractivity contribution in [3.05, 3.63) is 65.5 Å². The molecule has 0 fully saturated rings. The van der Waals surface area contributed by atoms with Crippen molar-refractivity contribution in [2.75, 3.05) is 20.8 Å². The topological polar surface area (TPSA) is 30.5 Å². The second-order valence-corrected chi connectivity index (χ2v) is 4.69. The third kappa shape index (κ3) is 4.03. The highest BCUT2D eigenvalue weighted by atomic mass is 19.1. The van der Waals surface area contributed by atoms with Gasteiger partial charge in [-0.25, -0.2) is 4.39 Å². The molecule has 0 aromatic heterocycles. The van der Waals surface area contributed by atoms with Gasteiger partial charge in [-0.1, -0.05) is 36.4 Å². The van der Waals surface area contributed by atoms with Gasteiger partial charge in [-0.3, -0.25) is 0 Å². The Kier molecular flexibility index (Phi) is 5.72. The van der Waals surface area contributed by atoms with E-state index in [2.05, 4.69) is 5.32 Å². The van der Waals surface area contributed by atoms with Crippen LogP contribution in [-0.4, -0.2) is 20.8 Å². The van der Waals surface area contributed by atoms with Crippen LogP contribution in [0.1, 0.15) is 17.2 Å². The zero-order chi connectivity index (χ0) is 15.1. The Morgan fingerprint density at radius 3 is 2.52 bits per heavy atom. The molecule has 0 aliphatic rings. The Morgan fingerprint density at radius 2 is 1.81 bits per heavy atom. The van der Waals surface area contributed by atoms with Gasteiger partial charge in [-0.15, -0.1) is 0 Å². The van der Waals surface area contributed by atoms with E-state index >= 15 is 0 Å². The van der Waals surface area contributed by atoms with Crippen LogP contribution in [-0.2, 0) is 11.3 Å². The van der Waals surface area contributed by atoms with E-state index in [0.29, 0.717) is 12.2 Å². The second kappa shape index (κ2) is 7.76. The van der Waals surface area contributed by atoms with Crippen molar-refractivity contribution >= 4 is 0 Å². The lowest BCUT2D eigenvalue weighted by Crippen LogP contribution is -2.22. The summed E-state index contributed by atoms with van der Waals surface area (Å²) in [6.45, 7) is 0.686. The number of methoxy groups -OCH3 is 1. The van der Waals surface area contributed by atoms with Gasteiger partial charge in [0.15, 0.2) is 0 Å². The van der Waals surface area contributed by atoms with Crippen LogP contribution in [0.3, 0.4) is 0 Å². The molecule has 0 heterocycles. The summed E-state index contributed by atoms with van der Waals surface area (Å²) in [5.74, 6) is 0.571. The van der Waals surface area contributed by atoms with Gasteiger partial charge in [0.05, 0.1) is 26.4 Å². The summed E-state index contributed by atoms with van der Waals surface area (Å²) in [7, 11) is 3.51. The summed E-state index contributed by atoms with van der Waals surface area (Å²) in [5.41, 5.74) is 1.59. The first kappa shape index (κ1) is 15.5. The molecule has 2 rings (SSSR count). The monoisotopic (exact) mass is 289 g/mol. The number of hydrogen-bond donors (Lipinski definition) is 1. The predicted octanol–water partition coefficient (Wildman–Crippen LogP) is 3.31. The molecule has 0 bridgehead atoms. The fourth-order valence-corrected chi connectivity index (χ4v) is 2.19. The van der Waals surface area contributed by atoms with E-state index in [1.807, 2.05) is 31.3 Å². The molecule has 21 heavy (non-hydrogen) atoms. The minimum atomic E-state index is -0.240. The average molecular weight is 289 g/mol. The highest BCUT2D eigenvalue weighted by Crippen LogP contribution is 2.25. The molecule has 0 saturated heterocycles. The first-order valence-electron chi connectivity index (χ1n) is 6.87. The summed E-state index contributed by atoms with van der Waals surface area (Å²) in [4.78, 5) is 0. The van der Waals surface area contributed by atoms with Gasteiger partial charge in [-0.2, -0.15) is 0 Å². The lowest BCUT2D eigenvalue weighted by Gasteiger charge is -2.19. The zero-order valence-electron chi connectivity index (χ0n) is 12.3. The maximum atomic E-state index is 13.5. The normalized spacial score (nSPS) is 12.1. The van der Waals surface area contributed by atoms with Crippen LogP contribution < -0.4 is 10.1 Å². The lowest BCUT2D eigenvalue weighted by atomic mass is 10.1. The van der Waals surface area contributed by atoms with Crippen molar-refractivity contribution in [3.8, 4) is 5.75 Å². The van der Waals surface area contributed by atoms with E-state index in [1.165, 1.54) is 6.07 Å². The zero-order valence-corrected chi connectivity index (χ0v) is 12.3. The largest absolute Gasteiger partial charge is 0.496 e. The molecule has 0 spiro atoms. The highest BCUT2D eigenvalue weighted by molar-refractivity contribution is 5.35. The molecule has 0 saturated carbocycles. The fraction of sp³-hybridized carbons (Fsp3) is 0.294. The summed E-state index contributed by atoms with van der Waals surface area (Å²) in [6.07, 6.45) is 0. The molecule has 3 nitrogen and oxygen atoms in total. The van der Waals surface area contributed by atoms with Crippen molar-refractivity contribution in [2.45, 2.75) is 12.6 Å². The number of rotatable bonds is 7. The third-order valence-electron chi connectivity index (χ3n) is 3.36. The van der Waals surface area contributed by atoms with Crippen LogP contribution in [0.4, 0.5) is 4.39 Å². The molecule has 2 aromatic rings. The van der Waals surface area contributed by atoms with Crippen LogP contribution in [0.2, 0.25) is 0 Å². The Hall–Kier alpha value is -1.91. The Balaban J connectivity index is 1.98. The number of nitrogens with one attached hydrogen (secondary N) is 1. The Morgan fingerprint density at radius 1 is 1.10 bits per heavy atom. The van der Waals surface area contributed by atoms with E-state index in [9.17, 15) is 4.39 Å². The lowest BCUT2D eigenvalue weighted by molar-refractivity contribution is 0.0979. The Bertz CT molecular complexity index is 574. The molecule has 0 aliphatic heterocycles. The van der Waals surface area contributed by atoms with Crippen molar-refractivity contribution in [2.24, 2.45) is 0 Å².